The van der Waals surface area contributed by atoms with Gasteiger partial charge in [-0.1, -0.05) is 12.1 Å². The van der Waals surface area contributed by atoms with Crippen LogP contribution in [0.4, 0.5) is 38.0 Å². The van der Waals surface area contributed by atoms with Crippen LogP contribution in [0.3, 0.4) is 0 Å². The lowest BCUT2D eigenvalue weighted by molar-refractivity contribution is -0.146. The maximum absolute atomic E-state index is 13.4. The van der Waals surface area contributed by atoms with Crippen LogP contribution >= 0.6 is 0 Å². The Labute approximate surface area is 240 Å². The molecule has 0 unspecified atom stereocenters. The van der Waals surface area contributed by atoms with Crippen LogP contribution in [-0.2, 0) is 16.4 Å². The number of hydrogen-bond acceptors (Lipinski definition) is 7. The van der Waals surface area contributed by atoms with Crippen molar-refractivity contribution >= 4 is 28.8 Å². The van der Waals surface area contributed by atoms with Gasteiger partial charge in [-0.15, -0.1) is 0 Å². The number of piperidine rings is 1. The molecule has 1 aromatic carbocycles. The number of Topliss-reactive ketones (excluding diaryl/α,β-unsaturated/α-hetero) is 1. The molecule has 0 spiro atoms. The molecule has 0 aliphatic carbocycles. The Balaban J connectivity index is 1.49. The molecule has 4 N–H and O–H groups in total. The molecule has 1 fully saturated rings. The Morgan fingerprint density at radius 1 is 1.05 bits per heavy atom. The van der Waals surface area contributed by atoms with Gasteiger partial charge in [0.05, 0.1) is 17.4 Å². The molecule has 5 rings (SSSR count). The SMILES string of the molecule is Nc1nccn2c([C@@]3(C(=O)CCC(F)(F)F)CCCNC3)nc(-c3ccc(C(=O)Nc4cc(C(F)(F)F)ccn4)cc3)c12. The summed E-state index contributed by atoms with van der Waals surface area (Å²) < 4.78 is 79.7. The number of amides is 1. The van der Waals surface area contributed by atoms with Gasteiger partial charge in [0.25, 0.3) is 5.91 Å². The molecule has 1 amide bonds. The predicted octanol–water partition coefficient (Wildman–Crippen LogP) is 5.18. The van der Waals surface area contributed by atoms with Crippen LogP contribution in [-0.4, -0.2) is 50.3 Å². The van der Waals surface area contributed by atoms with Gasteiger partial charge in [-0.3, -0.25) is 14.0 Å². The highest BCUT2D eigenvalue weighted by Gasteiger charge is 2.46. The molecule has 4 heterocycles. The lowest BCUT2D eigenvalue weighted by atomic mass is 9.74. The Hall–Kier alpha value is -4.53. The van der Waals surface area contributed by atoms with Crippen LogP contribution in [0.5, 0.6) is 0 Å². The van der Waals surface area contributed by atoms with Crippen molar-refractivity contribution < 1.29 is 35.9 Å². The third-order valence-electron chi connectivity index (χ3n) is 7.31. The molecule has 1 aliphatic heterocycles. The van der Waals surface area contributed by atoms with Crippen molar-refractivity contribution in [2.45, 2.75) is 43.5 Å². The summed E-state index contributed by atoms with van der Waals surface area (Å²) in [5.41, 5.74) is 5.07. The summed E-state index contributed by atoms with van der Waals surface area (Å²) in [6.07, 6.45) is -6.39. The van der Waals surface area contributed by atoms with Gasteiger partial charge in [0.1, 0.15) is 34.5 Å². The number of nitrogens with two attached hydrogens (primary N) is 1. The van der Waals surface area contributed by atoms with E-state index in [4.69, 9.17) is 10.7 Å². The molecular formula is C28H25F6N7O2. The fraction of sp³-hybridized carbons (Fsp3) is 0.321. The molecular weight excluding hydrogens is 580 g/mol. The number of benzene rings is 1. The molecule has 0 bridgehead atoms. The number of aromatic nitrogens is 4. The first kappa shape index (κ1) is 29.9. The maximum Gasteiger partial charge on any atom is 0.416 e. The molecule has 0 saturated carbocycles. The third-order valence-corrected chi connectivity index (χ3v) is 7.31. The van der Waals surface area contributed by atoms with E-state index in [1.54, 1.807) is 4.40 Å². The van der Waals surface area contributed by atoms with Gasteiger partial charge in [0.2, 0.25) is 0 Å². The largest absolute Gasteiger partial charge is 0.416 e. The number of ketones is 1. The number of fused-ring (bicyclic) bond motifs is 1. The lowest BCUT2D eigenvalue weighted by Crippen LogP contribution is -2.50. The second-order valence-corrected chi connectivity index (χ2v) is 10.2. The van der Waals surface area contributed by atoms with Crippen LogP contribution in [0.2, 0.25) is 0 Å². The molecule has 0 radical (unpaired) electrons. The summed E-state index contributed by atoms with van der Waals surface area (Å²) in [4.78, 5) is 38.8. The van der Waals surface area contributed by atoms with E-state index < -0.39 is 47.9 Å². The topological polar surface area (TPSA) is 127 Å². The number of anilines is 2. The van der Waals surface area contributed by atoms with Crippen molar-refractivity contribution in [3.8, 4) is 11.3 Å². The summed E-state index contributed by atoms with van der Waals surface area (Å²) in [5.74, 6) is -1.30. The van der Waals surface area contributed by atoms with Crippen molar-refractivity contribution in [3.05, 3.63) is 71.9 Å². The van der Waals surface area contributed by atoms with Crippen LogP contribution < -0.4 is 16.4 Å². The number of alkyl halides is 6. The predicted molar refractivity (Wildman–Crippen MR) is 144 cm³/mol. The summed E-state index contributed by atoms with van der Waals surface area (Å²) in [5, 5.41) is 5.45. The number of rotatable bonds is 7. The van der Waals surface area contributed by atoms with Crippen molar-refractivity contribution in [2.24, 2.45) is 0 Å². The smallest absolute Gasteiger partial charge is 0.382 e. The lowest BCUT2D eigenvalue weighted by Gasteiger charge is -2.35. The number of imidazole rings is 1. The molecule has 4 aromatic rings. The van der Waals surface area contributed by atoms with Gasteiger partial charge < -0.3 is 16.4 Å². The number of hydrogen-bond donors (Lipinski definition) is 3. The molecule has 3 aromatic heterocycles. The molecule has 1 saturated heterocycles. The average Bonchev–Trinajstić information content (AvgIpc) is 3.37. The van der Waals surface area contributed by atoms with E-state index in [1.165, 1.54) is 36.7 Å². The summed E-state index contributed by atoms with van der Waals surface area (Å²) in [6.45, 7) is 0.681. The molecule has 1 aliphatic rings. The highest BCUT2D eigenvalue weighted by Crippen LogP contribution is 2.39. The van der Waals surface area contributed by atoms with Gasteiger partial charge in [-0.2, -0.15) is 26.3 Å². The molecule has 43 heavy (non-hydrogen) atoms. The first-order chi connectivity index (χ1) is 20.3. The fourth-order valence-corrected chi connectivity index (χ4v) is 5.20. The number of carbonyl (C=O) groups excluding carboxylic acids is 2. The first-order valence-corrected chi connectivity index (χ1v) is 13.2. The third kappa shape index (κ3) is 6.16. The number of halogens is 6. The van der Waals surface area contributed by atoms with Crippen LogP contribution in [0, 0.1) is 0 Å². The second-order valence-electron chi connectivity index (χ2n) is 10.2. The Morgan fingerprint density at radius 2 is 1.79 bits per heavy atom. The maximum atomic E-state index is 13.4. The van der Waals surface area contributed by atoms with Crippen molar-refractivity contribution in [3.63, 3.8) is 0 Å². The van der Waals surface area contributed by atoms with Gasteiger partial charge >= 0.3 is 12.4 Å². The van der Waals surface area contributed by atoms with E-state index >= 15 is 0 Å². The minimum absolute atomic E-state index is 0.0651. The van der Waals surface area contributed by atoms with E-state index in [2.05, 4.69) is 20.6 Å². The van der Waals surface area contributed by atoms with Crippen LogP contribution in [0.15, 0.2) is 55.0 Å². The van der Waals surface area contributed by atoms with E-state index in [1.807, 2.05) is 0 Å². The van der Waals surface area contributed by atoms with E-state index in [0.29, 0.717) is 35.8 Å². The zero-order valence-corrected chi connectivity index (χ0v) is 22.4. The zero-order chi connectivity index (χ0) is 31.0. The number of nitrogens with one attached hydrogen (secondary N) is 2. The summed E-state index contributed by atoms with van der Waals surface area (Å²) in [6, 6.07) is 7.40. The normalized spacial score (nSPS) is 17.6. The quantitative estimate of drug-likeness (QED) is 0.248. The first-order valence-electron chi connectivity index (χ1n) is 13.2. The Kier molecular flexibility index (Phi) is 7.86. The molecule has 226 valence electrons. The number of carbonyl (C=O) groups is 2. The van der Waals surface area contributed by atoms with Gasteiger partial charge in [-0.05, 0) is 43.7 Å². The number of nitrogens with zero attached hydrogens (tertiary/aromatic N) is 4. The minimum Gasteiger partial charge on any atom is -0.382 e. The van der Waals surface area contributed by atoms with Crippen LogP contribution in [0.25, 0.3) is 16.8 Å². The van der Waals surface area contributed by atoms with Gasteiger partial charge in [-0.25, -0.2) is 15.0 Å². The standard InChI is InChI=1S/C28H25F6N7O2/c29-27(30,31)9-6-19(42)26(8-1-10-36-15-26)25-40-21(22-23(35)38-12-13-41(22)25)16-2-4-17(5-3-16)24(43)39-20-14-18(7-11-37-20)28(32,33)34/h2-5,7,11-14,36H,1,6,8-10,15H2,(H2,35,38)(H,37,39,43)/t26-/m0/s1. The molecule has 9 nitrogen and oxygen atoms in total. The highest BCUT2D eigenvalue weighted by molar-refractivity contribution is 6.04. The fourth-order valence-electron chi connectivity index (χ4n) is 5.20. The minimum atomic E-state index is -4.61. The zero-order valence-electron chi connectivity index (χ0n) is 22.4. The Morgan fingerprint density at radius 3 is 2.44 bits per heavy atom. The van der Waals surface area contributed by atoms with Gasteiger partial charge in [0.15, 0.2) is 0 Å². The van der Waals surface area contributed by atoms with Crippen molar-refractivity contribution in [1.82, 2.24) is 24.7 Å². The number of nitrogen functional groups attached to an aromatic ring is 1. The summed E-state index contributed by atoms with van der Waals surface area (Å²) >= 11 is 0. The summed E-state index contributed by atoms with van der Waals surface area (Å²) in [7, 11) is 0. The second kappa shape index (κ2) is 11.3. The van der Waals surface area contributed by atoms with Crippen LogP contribution in [0.1, 0.15) is 47.4 Å². The monoisotopic (exact) mass is 605 g/mol. The van der Waals surface area contributed by atoms with E-state index in [9.17, 15) is 35.9 Å². The van der Waals surface area contributed by atoms with Crippen molar-refractivity contribution in [1.29, 1.82) is 0 Å². The van der Waals surface area contributed by atoms with E-state index in [-0.39, 0.29) is 36.0 Å². The Bertz CT molecular complexity index is 1660. The van der Waals surface area contributed by atoms with Crippen molar-refractivity contribution in [2.75, 3.05) is 24.1 Å². The number of pyridine rings is 1. The average molecular weight is 606 g/mol. The van der Waals surface area contributed by atoms with E-state index in [0.717, 1.165) is 12.3 Å². The molecule has 1 atom stereocenters. The van der Waals surface area contributed by atoms with Gasteiger partial charge in [0, 0.05) is 42.7 Å². The highest BCUT2D eigenvalue weighted by atomic mass is 19.4. The molecule has 15 heteroatoms.